The van der Waals surface area contributed by atoms with Gasteiger partial charge in [-0.1, -0.05) is 66.7 Å². The molecule has 0 bridgehead atoms. The first kappa shape index (κ1) is 14.7. The van der Waals surface area contributed by atoms with Gasteiger partial charge in [0.2, 0.25) is 0 Å². The number of benzene rings is 2. The van der Waals surface area contributed by atoms with E-state index in [0.29, 0.717) is 13.2 Å². The van der Waals surface area contributed by atoms with Gasteiger partial charge in [0, 0.05) is 6.04 Å². The number of hydrogen-bond acceptors (Lipinski definition) is 2. The van der Waals surface area contributed by atoms with E-state index in [-0.39, 0.29) is 0 Å². The Morgan fingerprint density at radius 3 is 1.65 bits per heavy atom. The van der Waals surface area contributed by atoms with Crippen molar-refractivity contribution >= 4 is 9.28 Å². The van der Waals surface area contributed by atoms with Crippen molar-refractivity contribution in [3.05, 3.63) is 84.4 Å². The minimum absolute atomic E-state index is 0.611. The van der Waals surface area contributed by atoms with Crippen LogP contribution in [0.4, 0.5) is 0 Å². The van der Waals surface area contributed by atoms with Crippen LogP contribution in [0.25, 0.3) is 0 Å². The van der Waals surface area contributed by atoms with Crippen LogP contribution in [0.5, 0.6) is 0 Å². The first-order chi connectivity index (χ1) is 9.88. The molecule has 2 nitrogen and oxygen atoms in total. The maximum Gasteiger partial charge on any atom is 0.325 e. The van der Waals surface area contributed by atoms with Crippen molar-refractivity contribution < 1.29 is 8.85 Å². The molecule has 2 aromatic rings. The van der Waals surface area contributed by atoms with Crippen molar-refractivity contribution in [2.45, 2.75) is 19.3 Å². The summed E-state index contributed by atoms with van der Waals surface area (Å²) in [4.78, 5) is 0. The summed E-state index contributed by atoms with van der Waals surface area (Å²) in [5, 5.41) is 0. The average Bonchev–Trinajstić information content (AvgIpc) is 2.52. The van der Waals surface area contributed by atoms with Gasteiger partial charge in [0.05, 0.1) is 13.2 Å². The summed E-state index contributed by atoms with van der Waals surface area (Å²) in [5.41, 5.74) is 2.36. The van der Waals surface area contributed by atoms with Gasteiger partial charge in [0.25, 0.3) is 0 Å². The zero-order valence-corrected chi connectivity index (χ0v) is 12.7. The topological polar surface area (TPSA) is 18.5 Å². The summed E-state index contributed by atoms with van der Waals surface area (Å²) in [5.74, 6) is 0. The van der Waals surface area contributed by atoms with E-state index in [4.69, 9.17) is 8.85 Å². The Labute approximate surface area is 122 Å². The third-order valence-electron chi connectivity index (χ3n) is 2.92. The molecule has 0 radical (unpaired) electrons. The highest BCUT2D eigenvalue weighted by molar-refractivity contribution is 6.44. The maximum absolute atomic E-state index is 5.94. The lowest BCUT2D eigenvalue weighted by atomic mass is 10.2. The highest BCUT2D eigenvalue weighted by Gasteiger charge is 2.11. The minimum Gasteiger partial charge on any atom is -0.392 e. The Morgan fingerprint density at radius 1 is 0.800 bits per heavy atom. The van der Waals surface area contributed by atoms with Crippen LogP contribution < -0.4 is 0 Å². The van der Waals surface area contributed by atoms with E-state index in [1.165, 1.54) is 11.1 Å². The molecule has 0 aliphatic carbocycles. The standard InChI is InChI=1S/C17H20O2Si/c1-2-13-20(18-14-16-9-5-3-6-10-16)19-15-17-11-7-4-8-12-17/h2-12,20H,1,13-15H2. The summed E-state index contributed by atoms with van der Waals surface area (Å²) >= 11 is 0. The molecule has 0 unspecified atom stereocenters. The Bertz CT molecular complexity index is 455. The van der Waals surface area contributed by atoms with Crippen LogP contribution in [0.1, 0.15) is 11.1 Å². The van der Waals surface area contributed by atoms with Gasteiger partial charge in [-0.3, -0.25) is 0 Å². The van der Waals surface area contributed by atoms with E-state index in [0.717, 1.165) is 6.04 Å². The molecule has 0 aliphatic heterocycles. The molecule has 20 heavy (non-hydrogen) atoms. The van der Waals surface area contributed by atoms with Crippen LogP contribution in [0.2, 0.25) is 6.04 Å². The number of hydrogen-bond donors (Lipinski definition) is 0. The minimum atomic E-state index is -1.69. The molecule has 2 rings (SSSR count). The predicted octanol–water partition coefficient (Wildman–Crippen LogP) is 3.83. The van der Waals surface area contributed by atoms with Gasteiger partial charge in [0.1, 0.15) is 0 Å². The Kier molecular flexibility index (Phi) is 6.24. The van der Waals surface area contributed by atoms with E-state index in [9.17, 15) is 0 Å². The molecular weight excluding hydrogens is 264 g/mol. The van der Waals surface area contributed by atoms with Gasteiger partial charge >= 0.3 is 9.28 Å². The Balaban J connectivity index is 1.82. The first-order valence-corrected chi connectivity index (χ1v) is 8.56. The zero-order chi connectivity index (χ0) is 14.0. The van der Waals surface area contributed by atoms with Gasteiger partial charge in [-0.2, -0.15) is 0 Å². The largest absolute Gasteiger partial charge is 0.392 e. The normalized spacial score (nSPS) is 10.7. The van der Waals surface area contributed by atoms with Crippen LogP contribution in [0, 0.1) is 0 Å². The van der Waals surface area contributed by atoms with Gasteiger partial charge in [-0.05, 0) is 11.1 Å². The molecule has 0 aliphatic rings. The molecule has 2 aromatic carbocycles. The van der Waals surface area contributed by atoms with Crippen molar-refractivity contribution in [2.24, 2.45) is 0 Å². The van der Waals surface area contributed by atoms with E-state index >= 15 is 0 Å². The summed E-state index contributed by atoms with van der Waals surface area (Å²) < 4.78 is 11.9. The molecule has 104 valence electrons. The summed E-state index contributed by atoms with van der Waals surface area (Å²) in [7, 11) is -1.69. The third-order valence-corrected chi connectivity index (χ3v) is 4.71. The lowest BCUT2D eigenvalue weighted by Gasteiger charge is -2.15. The van der Waals surface area contributed by atoms with Crippen LogP contribution >= 0.6 is 0 Å². The van der Waals surface area contributed by atoms with Crippen LogP contribution in [-0.2, 0) is 22.1 Å². The van der Waals surface area contributed by atoms with E-state index < -0.39 is 9.28 Å². The molecule has 0 saturated heterocycles. The van der Waals surface area contributed by atoms with Crippen LogP contribution in [0.15, 0.2) is 73.3 Å². The third kappa shape index (κ3) is 5.13. The first-order valence-electron chi connectivity index (χ1n) is 6.80. The predicted molar refractivity (Wildman–Crippen MR) is 84.6 cm³/mol. The molecule has 0 aromatic heterocycles. The molecule has 0 saturated carbocycles. The van der Waals surface area contributed by atoms with Crippen LogP contribution in [0.3, 0.4) is 0 Å². The Hall–Kier alpha value is -1.68. The molecule has 3 heteroatoms. The van der Waals surface area contributed by atoms with E-state index in [1.807, 2.05) is 42.5 Å². The van der Waals surface area contributed by atoms with Gasteiger partial charge in [0.15, 0.2) is 0 Å². The van der Waals surface area contributed by atoms with Crippen LogP contribution in [-0.4, -0.2) is 9.28 Å². The fourth-order valence-electron chi connectivity index (χ4n) is 1.85. The monoisotopic (exact) mass is 284 g/mol. The summed E-state index contributed by atoms with van der Waals surface area (Å²) in [6, 6.07) is 21.2. The van der Waals surface area contributed by atoms with E-state index in [2.05, 4.69) is 30.8 Å². The van der Waals surface area contributed by atoms with Gasteiger partial charge < -0.3 is 8.85 Å². The SMILES string of the molecule is C=CC[SiH](OCc1ccccc1)OCc1ccccc1. The smallest absolute Gasteiger partial charge is 0.325 e. The highest BCUT2D eigenvalue weighted by atomic mass is 28.3. The lowest BCUT2D eigenvalue weighted by molar-refractivity contribution is 0.184. The molecule has 0 fully saturated rings. The molecule has 0 N–H and O–H groups in total. The second-order valence-corrected chi connectivity index (χ2v) is 6.54. The number of allylic oxidation sites excluding steroid dienone is 1. The van der Waals surface area contributed by atoms with Crippen molar-refractivity contribution in [3.8, 4) is 0 Å². The highest BCUT2D eigenvalue weighted by Crippen LogP contribution is 2.08. The van der Waals surface area contributed by atoms with Crippen molar-refractivity contribution in [2.75, 3.05) is 0 Å². The zero-order valence-electron chi connectivity index (χ0n) is 11.6. The molecule has 0 spiro atoms. The quantitative estimate of drug-likeness (QED) is 0.542. The van der Waals surface area contributed by atoms with Gasteiger partial charge in [-0.25, -0.2) is 0 Å². The van der Waals surface area contributed by atoms with Crippen molar-refractivity contribution in [1.29, 1.82) is 0 Å². The van der Waals surface area contributed by atoms with Crippen molar-refractivity contribution in [3.63, 3.8) is 0 Å². The van der Waals surface area contributed by atoms with Crippen molar-refractivity contribution in [1.82, 2.24) is 0 Å². The fraction of sp³-hybridized carbons (Fsp3) is 0.176. The lowest BCUT2D eigenvalue weighted by Crippen LogP contribution is -2.21. The second-order valence-electron chi connectivity index (χ2n) is 4.55. The molecular formula is C17H20O2Si. The molecule has 0 amide bonds. The molecule has 0 heterocycles. The number of rotatable bonds is 8. The van der Waals surface area contributed by atoms with E-state index in [1.54, 1.807) is 0 Å². The summed E-state index contributed by atoms with van der Waals surface area (Å²) in [6.45, 7) is 5.01. The molecule has 0 atom stereocenters. The average molecular weight is 284 g/mol. The Morgan fingerprint density at radius 2 is 1.25 bits per heavy atom. The van der Waals surface area contributed by atoms with Gasteiger partial charge in [-0.15, -0.1) is 6.58 Å². The maximum atomic E-state index is 5.94. The second kappa shape index (κ2) is 8.48. The fourth-order valence-corrected chi connectivity index (χ4v) is 3.24. The summed E-state index contributed by atoms with van der Waals surface area (Å²) in [6.07, 6.45) is 1.88.